The topological polar surface area (TPSA) is 64.7 Å². The fourth-order valence-electron chi connectivity index (χ4n) is 1.73. The Balaban J connectivity index is 2.59. The molecule has 0 aliphatic heterocycles. The highest BCUT2D eigenvalue weighted by molar-refractivity contribution is 5.60. The first-order valence-corrected chi connectivity index (χ1v) is 5.59. The van der Waals surface area contributed by atoms with E-state index < -0.39 is 0 Å². The van der Waals surface area contributed by atoms with Crippen LogP contribution >= 0.6 is 0 Å². The molecule has 0 amide bonds. The summed E-state index contributed by atoms with van der Waals surface area (Å²) in [7, 11) is 0. The molecule has 0 radical (unpaired) electrons. The molecule has 2 rings (SSSR count). The van der Waals surface area contributed by atoms with E-state index >= 15 is 0 Å². The van der Waals surface area contributed by atoms with E-state index in [0.29, 0.717) is 24.0 Å². The summed E-state index contributed by atoms with van der Waals surface area (Å²) in [4.78, 5) is 12.9. The van der Waals surface area contributed by atoms with Gasteiger partial charge in [-0.3, -0.25) is 0 Å². The summed E-state index contributed by atoms with van der Waals surface area (Å²) < 4.78 is 0. The maximum Gasteiger partial charge on any atom is 0.163 e. The highest BCUT2D eigenvalue weighted by Gasteiger charge is 2.08. The summed E-state index contributed by atoms with van der Waals surface area (Å²) in [6.07, 6.45) is 0. The first kappa shape index (κ1) is 11.7. The molecule has 88 valence electrons. The Morgan fingerprint density at radius 2 is 1.82 bits per heavy atom. The van der Waals surface area contributed by atoms with Crippen molar-refractivity contribution in [3.05, 3.63) is 41.0 Å². The first-order chi connectivity index (χ1) is 8.10. The van der Waals surface area contributed by atoms with Crippen LogP contribution in [0, 0.1) is 20.8 Å². The van der Waals surface area contributed by atoms with E-state index in [1.54, 1.807) is 0 Å². The number of nitrogens with zero attached hydrogens (tertiary/aromatic N) is 3. The van der Waals surface area contributed by atoms with Crippen molar-refractivity contribution in [1.82, 2.24) is 15.0 Å². The van der Waals surface area contributed by atoms with E-state index in [-0.39, 0.29) is 0 Å². The molecule has 17 heavy (non-hydrogen) atoms. The molecule has 0 saturated carbocycles. The van der Waals surface area contributed by atoms with Gasteiger partial charge in [0, 0.05) is 5.56 Å². The minimum atomic E-state index is 0.335. The monoisotopic (exact) mass is 228 g/mol. The van der Waals surface area contributed by atoms with Gasteiger partial charge in [0.1, 0.15) is 11.6 Å². The molecule has 2 N–H and O–H groups in total. The van der Waals surface area contributed by atoms with Crippen molar-refractivity contribution in [2.45, 2.75) is 27.3 Å². The number of aryl methyl sites for hydroxylation is 3. The summed E-state index contributed by atoms with van der Waals surface area (Å²) in [5.74, 6) is 2.05. The van der Waals surface area contributed by atoms with Crippen LogP contribution in [0.4, 0.5) is 0 Å². The van der Waals surface area contributed by atoms with Crippen LogP contribution in [-0.4, -0.2) is 15.0 Å². The SMILES string of the molecule is Cc1ccc(C)c(-c2nc(C)nc(CN)n2)c1. The Hall–Kier alpha value is -1.81. The predicted octanol–water partition coefficient (Wildman–Crippen LogP) is 1.92. The van der Waals surface area contributed by atoms with Gasteiger partial charge in [0.05, 0.1) is 6.54 Å². The lowest BCUT2D eigenvalue weighted by Crippen LogP contribution is -2.07. The molecule has 2 aromatic rings. The fourth-order valence-corrected chi connectivity index (χ4v) is 1.73. The van der Waals surface area contributed by atoms with Crippen LogP contribution in [0.1, 0.15) is 22.8 Å². The Labute approximate surface area is 101 Å². The standard InChI is InChI=1S/C13H16N4/c1-8-4-5-9(2)11(6-8)13-16-10(3)15-12(7-14)17-13/h4-6H,7,14H2,1-3H3. The Kier molecular flexibility index (Phi) is 3.15. The summed E-state index contributed by atoms with van der Waals surface area (Å²) in [6, 6.07) is 6.24. The van der Waals surface area contributed by atoms with Crippen LogP contribution in [0.3, 0.4) is 0 Å². The van der Waals surface area contributed by atoms with E-state index in [4.69, 9.17) is 5.73 Å². The van der Waals surface area contributed by atoms with Crippen molar-refractivity contribution < 1.29 is 0 Å². The Morgan fingerprint density at radius 1 is 1.06 bits per heavy atom. The molecule has 0 unspecified atom stereocenters. The normalized spacial score (nSPS) is 10.6. The average Bonchev–Trinajstić information content (AvgIpc) is 2.31. The molecule has 4 heteroatoms. The number of hydrogen-bond donors (Lipinski definition) is 1. The highest BCUT2D eigenvalue weighted by Crippen LogP contribution is 2.21. The third-order valence-electron chi connectivity index (χ3n) is 2.61. The van der Waals surface area contributed by atoms with Crippen LogP contribution in [0.5, 0.6) is 0 Å². The predicted molar refractivity (Wildman–Crippen MR) is 67.4 cm³/mol. The minimum Gasteiger partial charge on any atom is -0.324 e. The minimum absolute atomic E-state index is 0.335. The van der Waals surface area contributed by atoms with Gasteiger partial charge in [-0.2, -0.15) is 0 Å². The van der Waals surface area contributed by atoms with Gasteiger partial charge in [0.25, 0.3) is 0 Å². The molecule has 1 aromatic heterocycles. The van der Waals surface area contributed by atoms with Gasteiger partial charge < -0.3 is 5.73 Å². The van der Waals surface area contributed by atoms with Gasteiger partial charge in [-0.25, -0.2) is 15.0 Å². The molecule has 0 spiro atoms. The molecule has 0 saturated heterocycles. The summed E-state index contributed by atoms with van der Waals surface area (Å²) >= 11 is 0. The summed E-state index contributed by atoms with van der Waals surface area (Å²) in [6.45, 7) is 6.30. The van der Waals surface area contributed by atoms with Crippen LogP contribution in [0.15, 0.2) is 18.2 Å². The molecule has 1 aromatic carbocycles. The number of nitrogens with two attached hydrogens (primary N) is 1. The van der Waals surface area contributed by atoms with Crippen molar-refractivity contribution >= 4 is 0 Å². The molecule has 0 aliphatic rings. The lowest BCUT2D eigenvalue weighted by atomic mass is 10.1. The molecule has 0 fully saturated rings. The molecule has 1 heterocycles. The molecule has 0 atom stereocenters. The lowest BCUT2D eigenvalue weighted by molar-refractivity contribution is 0.850. The fraction of sp³-hybridized carbons (Fsp3) is 0.308. The second-order valence-corrected chi connectivity index (χ2v) is 4.14. The van der Waals surface area contributed by atoms with Crippen LogP contribution < -0.4 is 5.73 Å². The number of benzene rings is 1. The average molecular weight is 228 g/mol. The van der Waals surface area contributed by atoms with Crippen LogP contribution in [0.2, 0.25) is 0 Å². The van der Waals surface area contributed by atoms with E-state index in [1.165, 1.54) is 5.56 Å². The van der Waals surface area contributed by atoms with Crippen molar-refractivity contribution in [2.24, 2.45) is 5.73 Å². The largest absolute Gasteiger partial charge is 0.324 e. The second-order valence-electron chi connectivity index (χ2n) is 4.14. The number of rotatable bonds is 2. The van der Waals surface area contributed by atoms with Crippen LogP contribution in [-0.2, 0) is 6.54 Å². The summed E-state index contributed by atoms with van der Waals surface area (Å²) in [5, 5.41) is 0. The number of hydrogen-bond acceptors (Lipinski definition) is 4. The van der Waals surface area contributed by atoms with Gasteiger partial charge >= 0.3 is 0 Å². The van der Waals surface area contributed by atoms with E-state index in [0.717, 1.165) is 11.1 Å². The molecule has 4 nitrogen and oxygen atoms in total. The zero-order valence-corrected chi connectivity index (χ0v) is 10.4. The molecular weight excluding hydrogens is 212 g/mol. The smallest absolute Gasteiger partial charge is 0.163 e. The van der Waals surface area contributed by atoms with Gasteiger partial charge in [-0.1, -0.05) is 17.7 Å². The van der Waals surface area contributed by atoms with Crippen LogP contribution in [0.25, 0.3) is 11.4 Å². The Morgan fingerprint density at radius 3 is 2.53 bits per heavy atom. The second kappa shape index (κ2) is 4.59. The zero-order valence-electron chi connectivity index (χ0n) is 10.4. The lowest BCUT2D eigenvalue weighted by Gasteiger charge is -2.07. The third-order valence-corrected chi connectivity index (χ3v) is 2.61. The van der Waals surface area contributed by atoms with E-state index in [2.05, 4.69) is 47.0 Å². The van der Waals surface area contributed by atoms with Gasteiger partial charge in [-0.05, 0) is 32.4 Å². The van der Waals surface area contributed by atoms with Crippen molar-refractivity contribution in [1.29, 1.82) is 0 Å². The van der Waals surface area contributed by atoms with E-state index in [1.807, 2.05) is 6.92 Å². The third kappa shape index (κ3) is 2.47. The molecule has 0 aliphatic carbocycles. The first-order valence-electron chi connectivity index (χ1n) is 5.59. The highest BCUT2D eigenvalue weighted by atomic mass is 15.0. The maximum absolute atomic E-state index is 5.58. The van der Waals surface area contributed by atoms with Crippen molar-refractivity contribution in [3.63, 3.8) is 0 Å². The quantitative estimate of drug-likeness (QED) is 0.853. The van der Waals surface area contributed by atoms with E-state index in [9.17, 15) is 0 Å². The van der Waals surface area contributed by atoms with Crippen molar-refractivity contribution in [2.75, 3.05) is 0 Å². The summed E-state index contributed by atoms with van der Waals surface area (Å²) in [5.41, 5.74) is 8.98. The van der Waals surface area contributed by atoms with Gasteiger partial charge in [0.15, 0.2) is 5.82 Å². The molecule has 0 bridgehead atoms. The zero-order chi connectivity index (χ0) is 12.4. The molecular formula is C13H16N4. The Bertz CT molecular complexity index is 549. The van der Waals surface area contributed by atoms with Crippen molar-refractivity contribution in [3.8, 4) is 11.4 Å². The number of aromatic nitrogens is 3. The van der Waals surface area contributed by atoms with Gasteiger partial charge in [-0.15, -0.1) is 0 Å². The maximum atomic E-state index is 5.58. The van der Waals surface area contributed by atoms with Gasteiger partial charge in [0.2, 0.25) is 0 Å².